The van der Waals surface area contributed by atoms with Crippen molar-refractivity contribution in [3.05, 3.63) is 12.2 Å². The van der Waals surface area contributed by atoms with Crippen molar-refractivity contribution in [1.82, 2.24) is 0 Å². The molecule has 76 valence electrons. The SMILES string of the molecule is C=C(C)CCOC(=O)CCCCC. The first-order valence-electron chi connectivity index (χ1n) is 4.96. The van der Waals surface area contributed by atoms with Crippen LogP contribution in [0.15, 0.2) is 12.2 Å². The third kappa shape index (κ3) is 9.12. The summed E-state index contributed by atoms with van der Waals surface area (Å²) in [5.41, 5.74) is 1.06. The molecule has 0 saturated carbocycles. The molecule has 0 aromatic rings. The van der Waals surface area contributed by atoms with Gasteiger partial charge in [0.15, 0.2) is 0 Å². The molecule has 0 rings (SSSR count). The van der Waals surface area contributed by atoms with E-state index in [2.05, 4.69) is 13.5 Å². The van der Waals surface area contributed by atoms with Crippen LogP contribution in [0.3, 0.4) is 0 Å². The molecule has 2 nitrogen and oxygen atoms in total. The van der Waals surface area contributed by atoms with Crippen molar-refractivity contribution < 1.29 is 9.53 Å². The Bertz CT molecular complexity index is 161. The molecule has 0 N–H and O–H groups in total. The Kier molecular flexibility index (Phi) is 7.36. The summed E-state index contributed by atoms with van der Waals surface area (Å²) in [5, 5.41) is 0. The lowest BCUT2D eigenvalue weighted by Crippen LogP contribution is -2.05. The Balaban J connectivity index is 3.25. The lowest BCUT2D eigenvalue weighted by Gasteiger charge is -2.03. The van der Waals surface area contributed by atoms with E-state index in [0.717, 1.165) is 31.3 Å². The van der Waals surface area contributed by atoms with E-state index in [1.165, 1.54) is 0 Å². The average molecular weight is 184 g/mol. The van der Waals surface area contributed by atoms with Crippen LogP contribution in [0, 0.1) is 0 Å². The standard InChI is InChI=1S/C11H20O2/c1-4-5-6-7-11(12)13-9-8-10(2)3/h2,4-9H2,1,3H3. The molecule has 0 radical (unpaired) electrons. The number of esters is 1. The third-order valence-electron chi connectivity index (χ3n) is 1.78. The molecule has 0 amide bonds. The van der Waals surface area contributed by atoms with E-state index in [1.54, 1.807) is 0 Å². The molecule has 0 fully saturated rings. The predicted molar refractivity (Wildman–Crippen MR) is 54.5 cm³/mol. The molecule has 2 heteroatoms. The second kappa shape index (κ2) is 7.84. The van der Waals surface area contributed by atoms with Gasteiger partial charge in [0.25, 0.3) is 0 Å². The van der Waals surface area contributed by atoms with E-state index in [0.29, 0.717) is 13.0 Å². The Morgan fingerprint density at radius 3 is 2.54 bits per heavy atom. The van der Waals surface area contributed by atoms with Crippen molar-refractivity contribution in [3.8, 4) is 0 Å². The van der Waals surface area contributed by atoms with Gasteiger partial charge in [-0.25, -0.2) is 0 Å². The second-order valence-corrected chi connectivity index (χ2v) is 3.38. The summed E-state index contributed by atoms with van der Waals surface area (Å²) in [6, 6.07) is 0. The predicted octanol–water partition coefficient (Wildman–Crippen LogP) is 3.08. The summed E-state index contributed by atoms with van der Waals surface area (Å²) in [4.78, 5) is 11.0. The number of hydrogen-bond acceptors (Lipinski definition) is 2. The van der Waals surface area contributed by atoms with Gasteiger partial charge in [-0.15, -0.1) is 6.58 Å². The molecule has 0 atom stereocenters. The lowest BCUT2D eigenvalue weighted by atomic mass is 10.2. The number of carbonyl (C=O) groups is 1. The van der Waals surface area contributed by atoms with Gasteiger partial charge in [-0.3, -0.25) is 4.79 Å². The highest BCUT2D eigenvalue weighted by atomic mass is 16.5. The highest BCUT2D eigenvalue weighted by Crippen LogP contribution is 2.02. The molecule has 0 aromatic heterocycles. The van der Waals surface area contributed by atoms with Crippen molar-refractivity contribution in [3.63, 3.8) is 0 Å². The molecule has 0 aromatic carbocycles. The van der Waals surface area contributed by atoms with Crippen LogP contribution >= 0.6 is 0 Å². The minimum Gasteiger partial charge on any atom is -0.465 e. The van der Waals surface area contributed by atoms with Crippen molar-refractivity contribution in [1.29, 1.82) is 0 Å². The molecule has 0 aliphatic heterocycles. The van der Waals surface area contributed by atoms with Crippen LogP contribution in [0.25, 0.3) is 0 Å². The zero-order valence-corrected chi connectivity index (χ0v) is 8.77. The molecule has 0 aliphatic carbocycles. The fraction of sp³-hybridized carbons (Fsp3) is 0.727. The van der Waals surface area contributed by atoms with Gasteiger partial charge in [0.2, 0.25) is 0 Å². The number of carbonyl (C=O) groups excluding carboxylic acids is 1. The van der Waals surface area contributed by atoms with Gasteiger partial charge >= 0.3 is 5.97 Å². The topological polar surface area (TPSA) is 26.3 Å². The van der Waals surface area contributed by atoms with Crippen molar-refractivity contribution in [2.75, 3.05) is 6.61 Å². The lowest BCUT2D eigenvalue weighted by molar-refractivity contribution is -0.143. The van der Waals surface area contributed by atoms with Gasteiger partial charge in [0.05, 0.1) is 6.61 Å². The van der Waals surface area contributed by atoms with Crippen molar-refractivity contribution in [2.45, 2.75) is 46.0 Å². The Morgan fingerprint density at radius 2 is 2.00 bits per heavy atom. The highest BCUT2D eigenvalue weighted by Gasteiger charge is 2.01. The van der Waals surface area contributed by atoms with E-state index < -0.39 is 0 Å². The fourth-order valence-electron chi connectivity index (χ4n) is 0.931. The van der Waals surface area contributed by atoms with E-state index in [4.69, 9.17) is 4.74 Å². The zero-order chi connectivity index (χ0) is 10.1. The van der Waals surface area contributed by atoms with Gasteiger partial charge in [0.1, 0.15) is 0 Å². The van der Waals surface area contributed by atoms with E-state index in [-0.39, 0.29) is 5.97 Å². The summed E-state index contributed by atoms with van der Waals surface area (Å²) in [7, 11) is 0. The smallest absolute Gasteiger partial charge is 0.305 e. The second-order valence-electron chi connectivity index (χ2n) is 3.38. The average Bonchev–Trinajstić information content (AvgIpc) is 2.04. The molecule has 0 bridgehead atoms. The van der Waals surface area contributed by atoms with Crippen LogP contribution in [0.1, 0.15) is 46.0 Å². The van der Waals surface area contributed by atoms with Crippen molar-refractivity contribution >= 4 is 5.97 Å². The maximum Gasteiger partial charge on any atom is 0.305 e. The minimum absolute atomic E-state index is 0.0744. The molecular formula is C11H20O2. The van der Waals surface area contributed by atoms with E-state index >= 15 is 0 Å². The number of ether oxygens (including phenoxy) is 1. The summed E-state index contributed by atoms with van der Waals surface area (Å²) in [6.45, 7) is 8.28. The van der Waals surface area contributed by atoms with Crippen LogP contribution in [-0.2, 0) is 9.53 Å². The first kappa shape index (κ1) is 12.2. The van der Waals surface area contributed by atoms with Crippen LogP contribution in [0.5, 0.6) is 0 Å². The van der Waals surface area contributed by atoms with Gasteiger partial charge < -0.3 is 4.74 Å². The maximum absolute atomic E-state index is 11.0. The van der Waals surface area contributed by atoms with Crippen LogP contribution in [0.2, 0.25) is 0 Å². The maximum atomic E-state index is 11.0. The Labute approximate surface area is 81.0 Å². The van der Waals surface area contributed by atoms with Crippen LogP contribution in [-0.4, -0.2) is 12.6 Å². The number of rotatable bonds is 7. The Hall–Kier alpha value is -0.790. The normalized spacial score (nSPS) is 9.69. The van der Waals surface area contributed by atoms with E-state index in [9.17, 15) is 4.79 Å². The minimum atomic E-state index is -0.0744. The van der Waals surface area contributed by atoms with Gasteiger partial charge in [-0.1, -0.05) is 25.3 Å². The summed E-state index contributed by atoms with van der Waals surface area (Å²) in [5.74, 6) is -0.0744. The number of hydrogen-bond donors (Lipinski definition) is 0. The molecule has 13 heavy (non-hydrogen) atoms. The summed E-state index contributed by atoms with van der Waals surface area (Å²) < 4.78 is 5.00. The highest BCUT2D eigenvalue weighted by molar-refractivity contribution is 5.69. The molecule has 0 unspecified atom stereocenters. The summed E-state index contributed by atoms with van der Waals surface area (Å²) in [6.07, 6.45) is 4.53. The molecule has 0 spiro atoms. The molecular weight excluding hydrogens is 164 g/mol. The molecule has 0 aliphatic rings. The first-order chi connectivity index (χ1) is 6.16. The Morgan fingerprint density at radius 1 is 1.31 bits per heavy atom. The zero-order valence-electron chi connectivity index (χ0n) is 8.77. The van der Waals surface area contributed by atoms with E-state index in [1.807, 2.05) is 6.92 Å². The quantitative estimate of drug-likeness (QED) is 0.345. The largest absolute Gasteiger partial charge is 0.465 e. The van der Waals surface area contributed by atoms with Gasteiger partial charge in [0, 0.05) is 12.8 Å². The van der Waals surface area contributed by atoms with Crippen molar-refractivity contribution in [2.24, 2.45) is 0 Å². The monoisotopic (exact) mass is 184 g/mol. The van der Waals surface area contributed by atoms with Crippen LogP contribution < -0.4 is 0 Å². The van der Waals surface area contributed by atoms with Gasteiger partial charge in [-0.2, -0.15) is 0 Å². The third-order valence-corrected chi connectivity index (χ3v) is 1.78. The van der Waals surface area contributed by atoms with Crippen LogP contribution in [0.4, 0.5) is 0 Å². The molecule has 0 saturated heterocycles. The molecule has 0 heterocycles. The summed E-state index contributed by atoms with van der Waals surface area (Å²) >= 11 is 0. The first-order valence-corrected chi connectivity index (χ1v) is 4.96. The fourth-order valence-corrected chi connectivity index (χ4v) is 0.931. The number of unbranched alkanes of at least 4 members (excludes halogenated alkanes) is 2. The van der Waals surface area contributed by atoms with Gasteiger partial charge in [-0.05, 0) is 13.3 Å².